The number of aryl methyl sites for hydroxylation is 2. The molecule has 0 radical (unpaired) electrons. The lowest BCUT2D eigenvalue weighted by Crippen LogP contribution is -2.34. The molecule has 2 aromatic heterocycles. The molecule has 154 valence electrons. The Morgan fingerprint density at radius 1 is 1.00 bits per heavy atom. The van der Waals surface area contributed by atoms with E-state index in [1.807, 2.05) is 45.4 Å². The first-order valence-corrected chi connectivity index (χ1v) is 10.5. The third kappa shape index (κ3) is 3.28. The first kappa shape index (κ1) is 18.9. The molecule has 2 aromatic carbocycles. The van der Waals surface area contributed by atoms with E-state index in [9.17, 15) is 0 Å². The molecule has 30 heavy (non-hydrogen) atoms. The molecule has 0 N–H and O–H groups in total. The molecule has 5 rings (SSSR count). The molecule has 1 aliphatic rings. The van der Waals surface area contributed by atoms with Gasteiger partial charge in [0.05, 0.1) is 5.52 Å². The molecule has 1 fully saturated rings. The van der Waals surface area contributed by atoms with Gasteiger partial charge in [-0.1, -0.05) is 19.3 Å². The van der Waals surface area contributed by atoms with Crippen LogP contribution >= 0.6 is 0 Å². The predicted octanol–water partition coefficient (Wildman–Crippen LogP) is 4.79. The Morgan fingerprint density at radius 3 is 2.57 bits per heavy atom. The van der Waals surface area contributed by atoms with Crippen LogP contribution in [0.25, 0.3) is 33.1 Å². The minimum absolute atomic E-state index is 0.269. The van der Waals surface area contributed by atoms with Gasteiger partial charge in [-0.05, 0) is 60.7 Å². The number of hydrogen-bond acceptors (Lipinski definition) is 5. The fourth-order valence-electron chi connectivity index (χ4n) is 4.54. The minimum atomic E-state index is -0.375. The van der Waals surface area contributed by atoms with Crippen molar-refractivity contribution in [3.63, 3.8) is 0 Å². The molecule has 1 saturated carbocycles. The molecule has 4 aromatic rings. The Bertz CT molecular complexity index is 1240. The molecule has 1 aliphatic carbocycles. The van der Waals surface area contributed by atoms with E-state index in [0.717, 1.165) is 40.4 Å². The smallest absolute Gasteiger partial charge is 0.246 e. The number of benzene rings is 2. The SMILES string of the molecule is Cc1cc(-c2cc(F)c3nc(N(C)C4CCCCC4)nnc3c2)cc2cn(C)nc12. The lowest BCUT2D eigenvalue weighted by atomic mass is 9.95. The molecule has 0 saturated heterocycles. The summed E-state index contributed by atoms with van der Waals surface area (Å²) < 4.78 is 16.9. The second-order valence-corrected chi connectivity index (χ2v) is 8.37. The third-order valence-electron chi connectivity index (χ3n) is 6.19. The van der Waals surface area contributed by atoms with Crippen molar-refractivity contribution < 1.29 is 4.39 Å². The highest BCUT2D eigenvalue weighted by molar-refractivity contribution is 5.89. The van der Waals surface area contributed by atoms with Gasteiger partial charge in [-0.3, -0.25) is 4.68 Å². The average Bonchev–Trinajstić information content (AvgIpc) is 3.14. The summed E-state index contributed by atoms with van der Waals surface area (Å²) in [6.07, 6.45) is 7.93. The highest BCUT2D eigenvalue weighted by Gasteiger charge is 2.21. The summed E-state index contributed by atoms with van der Waals surface area (Å²) >= 11 is 0. The maximum atomic E-state index is 15.1. The molecule has 0 bridgehead atoms. The van der Waals surface area contributed by atoms with Gasteiger partial charge >= 0.3 is 0 Å². The zero-order chi connectivity index (χ0) is 20.8. The van der Waals surface area contributed by atoms with E-state index in [-0.39, 0.29) is 11.3 Å². The largest absolute Gasteiger partial charge is 0.340 e. The molecule has 6 nitrogen and oxygen atoms in total. The Balaban J connectivity index is 1.54. The van der Waals surface area contributed by atoms with Crippen LogP contribution in [0.2, 0.25) is 0 Å². The van der Waals surface area contributed by atoms with Crippen molar-refractivity contribution in [2.75, 3.05) is 11.9 Å². The fourth-order valence-corrected chi connectivity index (χ4v) is 4.54. The van der Waals surface area contributed by atoms with E-state index in [4.69, 9.17) is 0 Å². The van der Waals surface area contributed by atoms with Gasteiger partial charge in [0.25, 0.3) is 0 Å². The molecule has 2 heterocycles. The molecule has 0 amide bonds. The average molecular weight is 404 g/mol. The molecule has 0 atom stereocenters. The summed E-state index contributed by atoms with van der Waals surface area (Å²) in [6.45, 7) is 2.02. The molecule has 0 spiro atoms. The number of rotatable bonds is 3. The number of fused-ring (bicyclic) bond motifs is 2. The predicted molar refractivity (Wildman–Crippen MR) is 117 cm³/mol. The molecule has 0 unspecified atom stereocenters. The number of anilines is 1. The minimum Gasteiger partial charge on any atom is -0.340 e. The van der Waals surface area contributed by atoms with Crippen LogP contribution in [0, 0.1) is 12.7 Å². The van der Waals surface area contributed by atoms with Crippen molar-refractivity contribution in [3.8, 4) is 11.1 Å². The normalized spacial score (nSPS) is 15.2. The highest BCUT2D eigenvalue weighted by Crippen LogP contribution is 2.30. The van der Waals surface area contributed by atoms with Crippen LogP contribution in [-0.2, 0) is 7.05 Å². The molecule has 0 aliphatic heterocycles. The maximum Gasteiger partial charge on any atom is 0.246 e. The van der Waals surface area contributed by atoms with E-state index >= 15 is 4.39 Å². The van der Waals surface area contributed by atoms with Gasteiger partial charge in [-0.25, -0.2) is 9.37 Å². The van der Waals surface area contributed by atoms with Crippen molar-refractivity contribution in [1.29, 1.82) is 0 Å². The van der Waals surface area contributed by atoms with E-state index < -0.39 is 0 Å². The van der Waals surface area contributed by atoms with E-state index in [1.165, 1.54) is 19.3 Å². The number of aromatic nitrogens is 5. The van der Waals surface area contributed by atoms with E-state index in [1.54, 1.807) is 10.7 Å². The summed E-state index contributed by atoms with van der Waals surface area (Å²) in [5, 5.41) is 14.2. The Morgan fingerprint density at radius 2 is 1.77 bits per heavy atom. The van der Waals surface area contributed by atoms with Gasteiger partial charge in [-0.15, -0.1) is 10.2 Å². The van der Waals surface area contributed by atoms with E-state index in [0.29, 0.717) is 17.5 Å². The molecular weight excluding hydrogens is 379 g/mol. The zero-order valence-corrected chi connectivity index (χ0v) is 17.6. The first-order valence-electron chi connectivity index (χ1n) is 10.5. The van der Waals surface area contributed by atoms with Crippen molar-refractivity contribution in [3.05, 3.63) is 41.8 Å². The van der Waals surface area contributed by atoms with Crippen LogP contribution in [0.3, 0.4) is 0 Å². The standard InChI is InChI=1S/C23H25FN6/c1-14-9-15(10-17-13-29(2)28-21(14)17)16-11-19(24)22-20(12-16)26-27-23(25-22)30(3)18-7-5-4-6-8-18/h9-13,18H,4-8H2,1-3H3. The molecule has 7 heteroatoms. The van der Waals surface area contributed by atoms with E-state index in [2.05, 4.69) is 25.2 Å². The van der Waals surface area contributed by atoms with Crippen molar-refractivity contribution in [2.45, 2.75) is 45.1 Å². The third-order valence-corrected chi connectivity index (χ3v) is 6.19. The number of halogens is 1. The fraction of sp³-hybridized carbons (Fsp3) is 0.391. The lowest BCUT2D eigenvalue weighted by molar-refractivity contribution is 0.423. The summed E-state index contributed by atoms with van der Waals surface area (Å²) in [5.74, 6) is 0.119. The van der Waals surface area contributed by atoms with Crippen LogP contribution in [0.15, 0.2) is 30.5 Å². The van der Waals surface area contributed by atoms with Crippen LogP contribution in [0.5, 0.6) is 0 Å². The Labute approximate surface area is 174 Å². The summed E-state index contributed by atoms with van der Waals surface area (Å²) in [4.78, 5) is 6.57. The molecular formula is C23H25FN6. The number of hydrogen-bond donors (Lipinski definition) is 0. The Kier molecular flexibility index (Phi) is 4.60. The number of nitrogens with zero attached hydrogens (tertiary/aromatic N) is 6. The van der Waals surface area contributed by atoms with Crippen LogP contribution < -0.4 is 4.90 Å². The second kappa shape index (κ2) is 7.31. The summed E-state index contributed by atoms with van der Waals surface area (Å²) in [5.41, 5.74) is 4.44. The van der Waals surface area contributed by atoms with Gasteiger partial charge in [0.2, 0.25) is 5.95 Å². The van der Waals surface area contributed by atoms with Gasteiger partial charge in [0.1, 0.15) is 11.0 Å². The zero-order valence-electron chi connectivity index (χ0n) is 17.6. The van der Waals surface area contributed by atoms with Crippen molar-refractivity contribution >= 4 is 27.9 Å². The van der Waals surface area contributed by atoms with Crippen LogP contribution in [0.1, 0.15) is 37.7 Å². The monoisotopic (exact) mass is 404 g/mol. The quantitative estimate of drug-likeness (QED) is 0.491. The van der Waals surface area contributed by atoms with Crippen molar-refractivity contribution in [1.82, 2.24) is 25.0 Å². The first-order chi connectivity index (χ1) is 14.5. The van der Waals surface area contributed by atoms with Crippen LogP contribution in [0.4, 0.5) is 10.3 Å². The maximum absolute atomic E-state index is 15.1. The highest BCUT2D eigenvalue weighted by atomic mass is 19.1. The lowest BCUT2D eigenvalue weighted by Gasteiger charge is -2.30. The Hall–Kier alpha value is -3.09. The summed E-state index contributed by atoms with van der Waals surface area (Å²) in [7, 11) is 3.88. The second-order valence-electron chi connectivity index (χ2n) is 8.37. The van der Waals surface area contributed by atoms with Gasteiger partial charge in [0.15, 0.2) is 5.82 Å². The van der Waals surface area contributed by atoms with Gasteiger partial charge in [0, 0.05) is 31.7 Å². The van der Waals surface area contributed by atoms with Gasteiger partial charge < -0.3 is 4.90 Å². The van der Waals surface area contributed by atoms with Crippen LogP contribution in [-0.4, -0.2) is 38.1 Å². The topological polar surface area (TPSA) is 59.7 Å². The van der Waals surface area contributed by atoms with Gasteiger partial charge in [-0.2, -0.15) is 5.10 Å². The summed E-state index contributed by atoms with van der Waals surface area (Å²) in [6, 6.07) is 7.86. The van der Waals surface area contributed by atoms with Crippen molar-refractivity contribution in [2.24, 2.45) is 7.05 Å².